The highest BCUT2D eigenvalue weighted by atomic mass is 14.8. The van der Waals surface area contributed by atoms with Crippen LogP contribution in [-0.4, -0.2) is 6.54 Å². The molecule has 0 bridgehead atoms. The maximum absolute atomic E-state index is 3.25. The molecule has 0 aromatic heterocycles. The summed E-state index contributed by atoms with van der Waals surface area (Å²) in [6.45, 7) is 7.04. The van der Waals surface area contributed by atoms with E-state index >= 15 is 0 Å². The minimum atomic E-state index is 0.932. The molecule has 0 saturated heterocycles. The lowest BCUT2D eigenvalue weighted by Crippen LogP contribution is -2.13. The van der Waals surface area contributed by atoms with Crippen LogP contribution in [0, 0.1) is 0 Å². The first kappa shape index (κ1) is 11.6. The summed E-state index contributed by atoms with van der Waals surface area (Å²) >= 11 is 0. The van der Waals surface area contributed by atoms with Crippen LogP contribution in [-0.2, 0) is 0 Å². The topological polar surface area (TPSA) is 12.0 Å². The highest BCUT2D eigenvalue weighted by Gasteiger charge is 2.03. The van der Waals surface area contributed by atoms with E-state index in [-0.39, 0.29) is 0 Å². The zero-order valence-electron chi connectivity index (χ0n) is 9.75. The zero-order valence-corrected chi connectivity index (χ0v) is 9.75. The number of hydrogen-bond acceptors (Lipinski definition) is 1. The van der Waals surface area contributed by atoms with Crippen LogP contribution in [0.4, 0.5) is 0 Å². The van der Waals surface area contributed by atoms with Crippen molar-refractivity contribution in [3.8, 4) is 0 Å². The van der Waals surface area contributed by atoms with E-state index in [0.29, 0.717) is 0 Å². The Hall–Kier alpha value is -1.50. The molecular weight excluding hydrogens is 182 g/mol. The predicted octanol–water partition coefficient (Wildman–Crippen LogP) is 3.60. The second kappa shape index (κ2) is 6.07. The van der Waals surface area contributed by atoms with Gasteiger partial charge in [0.25, 0.3) is 0 Å². The Morgan fingerprint density at radius 1 is 1.07 bits per heavy atom. The Morgan fingerprint density at radius 3 is 2.33 bits per heavy atom. The zero-order chi connectivity index (χ0) is 11.1. The van der Waals surface area contributed by atoms with Gasteiger partial charge < -0.3 is 5.32 Å². The van der Waals surface area contributed by atoms with E-state index in [0.717, 1.165) is 6.54 Å². The third-order valence-corrected chi connectivity index (χ3v) is 2.17. The normalized spacial score (nSPS) is 14.1. The lowest BCUT2D eigenvalue weighted by Gasteiger charge is -2.13. The molecule has 0 aliphatic carbocycles. The van der Waals surface area contributed by atoms with Gasteiger partial charge in [-0.1, -0.05) is 50.3 Å². The van der Waals surface area contributed by atoms with Crippen LogP contribution in [0.3, 0.4) is 0 Å². The Bertz CT molecular complexity index is 347. The van der Waals surface area contributed by atoms with Gasteiger partial charge in [0, 0.05) is 6.54 Å². The summed E-state index contributed by atoms with van der Waals surface area (Å²) in [7, 11) is 0. The van der Waals surface area contributed by atoms with Gasteiger partial charge in [-0.05, 0) is 29.8 Å². The van der Waals surface area contributed by atoms with Crippen molar-refractivity contribution in [1.29, 1.82) is 0 Å². The first-order valence-corrected chi connectivity index (χ1v) is 5.52. The summed E-state index contributed by atoms with van der Waals surface area (Å²) in [5.41, 5.74) is 3.95. The lowest BCUT2D eigenvalue weighted by atomic mass is 10.0. The summed E-state index contributed by atoms with van der Waals surface area (Å²) in [5, 5.41) is 3.25. The van der Waals surface area contributed by atoms with Crippen molar-refractivity contribution in [3.05, 3.63) is 53.7 Å². The molecule has 0 radical (unpaired) electrons. The van der Waals surface area contributed by atoms with Crippen molar-refractivity contribution in [2.45, 2.75) is 20.8 Å². The molecule has 1 aliphatic rings. The average molecular weight is 201 g/mol. The molecule has 0 unspecified atom stereocenters. The molecule has 1 heteroatoms. The highest BCUT2D eigenvalue weighted by molar-refractivity contribution is 5.70. The predicted molar refractivity (Wildman–Crippen MR) is 67.5 cm³/mol. The minimum absolute atomic E-state index is 0.932. The molecule has 0 fully saturated rings. The van der Waals surface area contributed by atoms with Crippen molar-refractivity contribution in [2.24, 2.45) is 0 Å². The van der Waals surface area contributed by atoms with Gasteiger partial charge >= 0.3 is 0 Å². The monoisotopic (exact) mass is 201 g/mol. The number of nitrogens with one attached hydrogen (secondary N) is 1. The van der Waals surface area contributed by atoms with Gasteiger partial charge in [0.05, 0.1) is 0 Å². The fraction of sp³-hybridized carbons (Fsp3) is 0.286. The number of allylic oxidation sites excluding steroid dienone is 2. The molecule has 1 N–H and O–H groups in total. The maximum atomic E-state index is 3.25. The quantitative estimate of drug-likeness (QED) is 0.732. The van der Waals surface area contributed by atoms with Crippen LogP contribution in [0.15, 0.2) is 48.2 Å². The third-order valence-electron chi connectivity index (χ3n) is 2.17. The molecule has 0 spiro atoms. The van der Waals surface area contributed by atoms with E-state index in [1.54, 1.807) is 0 Å². The molecule has 1 aliphatic heterocycles. The van der Waals surface area contributed by atoms with Crippen LogP contribution in [0.1, 0.15) is 26.3 Å². The van der Waals surface area contributed by atoms with Gasteiger partial charge in [0.15, 0.2) is 0 Å². The Labute approximate surface area is 92.5 Å². The van der Waals surface area contributed by atoms with Crippen molar-refractivity contribution < 1.29 is 0 Å². The number of hydrogen-bond donors (Lipinski definition) is 1. The van der Waals surface area contributed by atoms with E-state index in [1.165, 1.54) is 16.7 Å². The molecule has 0 atom stereocenters. The molecule has 80 valence electrons. The van der Waals surface area contributed by atoms with Gasteiger partial charge in [-0.3, -0.25) is 0 Å². The highest BCUT2D eigenvalue weighted by Crippen LogP contribution is 2.17. The number of benzene rings is 1. The first-order chi connectivity index (χ1) is 7.36. The summed E-state index contributed by atoms with van der Waals surface area (Å²) in [4.78, 5) is 0. The maximum Gasteiger partial charge on any atom is 0.0401 e. The molecule has 1 aromatic rings. The Morgan fingerprint density at radius 2 is 1.73 bits per heavy atom. The third kappa shape index (κ3) is 3.28. The Balaban J connectivity index is 0.000000531. The standard InChI is InChI=1S/C12H13N.C2H6/c1-10-7-12(9-13-8-10)11-5-3-2-4-6-11;1-2/h2-8,13H,9H2,1H3;1-2H3. The SMILES string of the molecule is CC.CC1=CNCC(c2ccccc2)=C1. The van der Waals surface area contributed by atoms with E-state index in [9.17, 15) is 0 Å². The van der Waals surface area contributed by atoms with Crippen LogP contribution in [0.25, 0.3) is 5.57 Å². The molecular formula is C14H19N. The fourth-order valence-electron chi connectivity index (χ4n) is 1.53. The van der Waals surface area contributed by atoms with E-state index in [1.807, 2.05) is 26.1 Å². The largest absolute Gasteiger partial charge is 0.387 e. The van der Waals surface area contributed by atoms with Crippen LogP contribution in [0.5, 0.6) is 0 Å². The molecule has 15 heavy (non-hydrogen) atoms. The molecule has 0 amide bonds. The van der Waals surface area contributed by atoms with Gasteiger partial charge in [-0.15, -0.1) is 0 Å². The summed E-state index contributed by atoms with van der Waals surface area (Å²) < 4.78 is 0. The molecule has 1 nitrogen and oxygen atoms in total. The number of dihydropyridines is 1. The Kier molecular flexibility index (Phi) is 4.69. The van der Waals surface area contributed by atoms with Crippen LogP contribution < -0.4 is 5.32 Å². The van der Waals surface area contributed by atoms with Crippen molar-refractivity contribution in [3.63, 3.8) is 0 Å². The van der Waals surface area contributed by atoms with Gasteiger partial charge in [-0.2, -0.15) is 0 Å². The second-order valence-electron chi connectivity index (χ2n) is 3.30. The van der Waals surface area contributed by atoms with Crippen molar-refractivity contribution in [1.82, 2.24) is 5.32 Å². The van der Waals surface area contributed by atoms with E-state index < -0.39 is 0 Å². The number of rotatable bonds is 1. The van der Waals surface area contributed by atoms with Crippen molar-refractivity contribution >= 4 is 5.57 Å². The van der Waals surface area contributed by atoms with Gasteiger partial charge in [0.2, 0.25) is 0 Å². The smallest absolute Gasteiger partial charge is 0.0401 e. The van der Waals surface area contributed by atoms with E-state index in [4.69, 9.17) is 0 Å². The summed E-state index contributed by atoms with van der Waals surface area (Å²) in [6, 6.07) is 10.5. The fourth-order valence-corrected chi connectivity index (χ4v) is 1.53. The van der Waals surface area contributed by atoms with E-state index in [2.05, 4.69) is 42.6 Å². The summed E-state index contributed by atoms with van der Waals surface area (Å²) in [5.74, 6) is 0. The molecule has 2 rings (SSSR count). The molecule has 1 aromatic carbocycles. The molecule has 0 saturated carbocycles. The first-order valence-electron chi connectivity index (χ1n) is 5.52. The minimum Gasteiger partial charge on any atom is -0.387 e. The van der Waals surface area contributed by atoms with Gasteiger partial charge in [0.1, 0.15) is 0 Å². The van der Waals surface area contributed by atoms with Crippen molar-refractivity contribution in [2.75, 3.05) is 6.54 Å². The molecule has 1 heterocycles. The lowest BCUT2D eigenvalue weighted by molar-refractivity contribution is 0.969. The second-order valence-corrected chi connectivity index (χ2v) is 3.30. The average Bonchev–Trinajstić information content (AvgIpc) is 2.33. The summed E-state index contributed by atoms with van der Waals surface area (Å²) in [6.07, 6.45) is 4.28. The van der Waals surface area contributed by atoms with Crippen LogP contribution >= 0.6 is 0 Å². The van der Waals surface area contributed by atoms with Gasteiger partial charge in [-0.25, -0.2) is 0 Å². The van der Waals surface area contributed by atoms with Crippen LogP contribution in [0.2, 0.25) is 0 Å².